The Morgan fingerprint density at radius 3 is 2.94 bits per heavy atom. The van der Waals surface area contributed by atoms with Gasteiger partial charge in [0.25, 0.3) is 0 Å². The number of amides is 1. The third-order valence-electron chi connectivity index (χ3n) is 3.16. The number of carbonyl (C=O) groups excluding carboxylic acids is 1. The van der Waals surface area contributed by atoms with E-state index < -0.39 is 0 Å². The summed E-state index contributed by atoms with van der Waals surface area (Å²) in [6.45, 7) is 5.50. The quantitative estimate of drug-likeness (QED) is 0.718. The molecule has 0 aliphatic carbocycles. The molecule has 88 valence electrons. The molecule has 0 saturated heterocycles. The van der Waals surface area contributed by atoms with Gasteiger partial charge in [-0.05, 0) is 12.8 Å². The summed E-state index contributed by atoms with van der Waals surface area (Å²) < 4.78 is 1.93. The smallest absolute Gasteiger partial charge is 0.225 e. The third-order valence-corrected chi connectivity index (χ3v) is 3.16. The summed E-state index contributed by atoms with van der Waals surface area (Å²) >= 11 is 0. The van der Waals surface area contributed by atoms with Gasteiger partial charge in [-0.3, -0.25) is 9.48 Å². The molecule has 0 spiro atoms. The van der Waals surface area contributed by atoms with E-state index in [0.717, 1.165) is 25.9 Å². The minimum atomic E-state index is 0.0817. The van der Waals surface area contributed by atoms with E-state index in [1.807, 2.05) is 36.7 Å². The van der Waals surface area contributed by atoms with Crippen molar-refractivity contribution in [2.75, 3.05) is 6.54 Å². The van der Waals surface area contributed by atoms with Gasteiger partial charge >= 0.3 is 0 Å². The van der Waals surface area contributed by atoms with E-state index in [1.54, 1.807) is 0 Å². The molecule has 2 heterocycles. The number of hydrogen-bond acceptors (Lipinski definition) is 2. The Morgan fingerprint density at radius 1 is 1.50 bits per heavy atom. The largest absolute Gasteiger partial charge is 0.338 e. The van der Waals surface area contributed by atoms with Crippen LogP contribution in [0.15, 0.2) is 6.20 Å². The molecule has 0 aromatic carbocycles. The van der Waals surface area contributed by atoms with Crippen molar-refractivity contribution in [3.8, 4) is 0 Å². The van der Waals surface area contributed by atoms with E-state index in [0.29, 0.717) is 0 Å². The molecule has 4 nitrogen and oxygen atoms in total. The molecule has 0 fully saturated rings. The van der Waals surface area contributed by atoms with Crippen LogP contribution in [0.1, 0.15) is 31.5 Å². The van der Waals surface area contributed by atoms with Crippen LogP contribution < -0.4 is 0 Å². The molecule has 1 amide bonds. The zero-order valence-electron chi connectivity index (χ0n) is 10.2. The summed E-state index contributed by atoms with van der Waals surface area (Å²) in [5.74, 6) is 0.329. The Kier molecular flexibility index (Phi) is 2.99. The number of nitrogens with zero attached hydrogens (tertiary/aromatic N) is 3. The molecule has 0 N–H and O–H groups in total. The van der Waals surface area contributed by atoms with Gasteiger partial charge in [0.05, 0.1) is 6.20 Å². The number of hydrogen-bond donors (Lipinski definition) is 0. The number of aryl methyl sites for hydroxylation is 1. The zero-order valence-corrected chi connectivity index (χ0v) is 10.2. The summed E-state index contributed by atoms with van der Waals surface area (Å²) in [7, 11) is 1.97. The van der Waals surface area contributed by atoms with E-state index in [9.17, 15) is 4.79 Å². The summed E-state index contributed by atoms with van der Waals surface area (Å²) in [5.41, 5.74) is 2.48. The Labute approximate surface area is 96.2 Å². The minimum Gasteiger partial charge on any atom is -0.338 e. The summed E-state index contributed by atoms with van der Waals surface area (Å²) in [6, 6.07) is 0. The molecular formula is C12H19N3O. The minimum absolute atomic E-state index is 0.0817. The molecule has 2 rings (SSSR count). The molecule has 4 heteroatoms. The van der Waals surface area contributed by atoms with Crippen LogP contribution >= 0.6 is 0 Å². The number of carbonyl (C=O) groups is 1. The molecule has 1 aromatic rings. The van der Waals surface area contributed by atoms with Crippen molar-refractivity contribution >= 4 is 5.91 Å². The van der Waals surface area contributed by atoms with Gasteiger partial charge in [0.2, 0.25) is 5.91 Å². The lowest BCUT2D eigenvalue weighted by Gasteiger charge is -2.22. The molecule has 0 unspecified atom stereocenters. The molecule has 1 aromatic heterocycles. The highest BCUT2D eigenvalue weighted by Crippen LogP contribution is 2.19. The maximum Gasteiger partial charge on any atom is 0.225 e. The Balaban J connectivity index is 2.20. The van der Waals surface area contributed by atoms with Crippen molar-refractivity contribution in [2.45, 2.75) is 33.2 Å². The highest BCUT2D eigenvalue weighted by atomic mass is 16.2. The topological polar surface area (TPSA) is 38.1 Å². The van der Waals surface area contributed by atoms with Crippen molar-refractivity contribution < 1.29 is 4.79 Å². The average Bonchev–Trinajstić information content (AvgIpc) is 2.50. The van der Waals surface area contributed by atoms with Crippen LogP contribution in [-0.4, -0.2) is 27.1 Å². The lowest BCUT2D eigenvalue weighted by atomic mass is 10.2. The first-order chi connectivity index (χ1) is 7.59. The number of rotatable bonds is 1. The fraction of sp³-hybridized carbons (Fsp3) is 0.667. The van der Waals surface area contributed by atoms with E-state index in [1.165, 1.54) is 11.3 Å². The second-order valence-corrected chi connectivity index (χ2v) is 4.76. The molecule has 1 aliphatic rings. The fourth-order valence-electron chi connectivity index (χ4n) is 2.24. The lowest BCUT2D eigenvalue weighted by Crippen LogP contribution is -2.33. The first-order valence-corrected chi connectivity index (χ1v) is 5.88. The van der Waals surface area contributed by atoms with Gasteiger partial charge in [0, 0.05) is 37.3 Å². The van der Waals surface area contributed by atoms with E-state index in [2.05, 4.69) is 5.10 Å². The highest BCUT2D eigenvalue weighted by Gasteiger charge is 2.22. The molecule has 0 atom stereocenters. The van der Waals surface area contributed by atoms with Crippen LogP contribution in [0.5, 0.6) is 0 Å². The normalized spacial score (nSPS) is 16.1. The van der Waals surface area contributed by atoms with Gasteiger partial charge in [-0.2, -0.15) is 5.10 Å². The molecule has 16 heavy (non-hydrogen) atoms. The monoisotopic (exact) mass is 221 g/mol. The van der Waals surface area contributed by atoms with Crippen molar-refractivity contribution in [3.05, 3.63) is 17.5 Å². The maximum atomic E-state index is 12.0. The van der Waals surface area contributed by atoms with Crippen LogP contribution in [0, 0.1) is 5.92 Å². The zero-order chi connectivity index (χ0) is 11.7. The Bertz CT molecular complexity index is 395. The van der Waals surface area contributed by atoms with Crippen LogP contribution in [0.2, 0.25) is 0 Å². The molecule has 0 radical (unpaired) electrons. The first kappa shape index (κ1) is 11.2. The third kappa shape index (κ3) is 1.96. The lowest BCUT2D eigenvalue weighted by molar-refractivity contribution is -0.135. The van der Waals surface area contributed by atoms with Gasteiger partial charge in [-0.15, -0.1) is 0 Å². The van der Waals surface area contributed by atoms with E-state index >= 15 is 0 Å². The van der Waals surface area contributed by atoms with Crippen molar-refractivity contribution in [1.29, 1.82) is 0 Å². The van der Waals surface area contributed by atoms with Crippen LogP contribution in [0.3, 0.4) is 0 Å². The summed E-state index contributed by atoms with van der Waals surface area (Å²) in [6.07, 6.45) is 3.94. The summed E-state index contributed by atoms with van der Waals surface area (Å²) in [5, 5.41) is 4.26. The molecule has 0 bridgehead atoms. The fourth-order valence-corrected chi connectivity index (χ4v) is 2.24. The highest BCUT2D eigenvalue weighted by molar-refractivity contribution is 5.78. The second kappa shape index (κ2) is 4.28. The Hall–Kier alpha value is -1.32. The molecular weight excluding hydrogens is 202 g/mol. The van der Waals surface area contributed by atoms with Crippen LogP contribution in [0.25, 0.3) is 0 Å². The first-order valence-electron chi connectivity index (χ1n) is 5.88. The van der Waals surface area contributed by atoms with Gasteiger partial charge in [0.1, 0.15) is 0 Å². The van der Waals surface area contributed by atoms with E-state index in [-0.39, 0.29) is 11.8 Å². The van der Waals surface area contributed by atoms with Crippen LogP contribution in [-0.2, 0) is 24.8 Å². The summed E-state index contributed by atoms with van der Waals surface area (Å²) in [4.78, 5) is 13.9. The maximum absolute atomic E-state index is 12.0. The Morgan fingerprint density at radius 2 is 2.25 bits per heavy atom. The SMILES string of the molecule is CC(C)C(=O)N1CCCc2c(cnn2C)C1. The molecule has 1 aliphatic heterocycles. The van der Waals surface area contributed by atoms with Gasteiger partial charge < -0.3 is 4.90 Å². The van der Waals surface area contributed by atoms with Crippen LogP contribution in [0.4, 0.5) is 0 Å². The predicted molar refractivity (Wildman–Crippen MR) is 61.8 cm³/mol. The number of aromatic nitrogens is 2. The number of fused-ring (bicyclic) bond motifs is 1. The van der Waals surface area contributed by atoms with Crippen molar-refractivity contribution in [1.82, 2.24) is 14.7 Å². The van der Waals surface area contributed by atoms with Gasteiger partial charge in [0.15, 0.2) is 0 Å². The van der Waals surface area contributed by atoms with Gasteiger partial charge in [-0.25, -0.2) is 0 Å². The standard InChI is InChI=1S/C12H19N3O/c1-9(2)12(16)15-6-4-5-11-10(8-15)7-13-14(11)3/h7,9H,4-6,8H2,1-3H3. The average molecular weight is 221 g/mol. The van der Waals surface area contributed by atoms with Crippen molar-refractivity contribution in [2.24, 2.45) is 13.0 Å². The van der Waals surface area contributed by atoms with E-state index in [4.69, 9.17) is 0 Å². The second-order valence-electron chi connectivity index (χ2n) is 4.76. The predicted octanol–water partition coefficient (Wildman–Crippen LogP) is 1.35. The molecule has 0 saturated carbocycles. The van der Waals surface area contributed by atoms with Gasteiger partial charge in [-0.1, -0.05) is 13.8 Å². The van der Waals surface area contributed by atoms with Crippen molar-refractivity contribution in [3.63, 3.8) is 0 Å².